The van der Waals surface area contributed by atoms with E-state index in [9.17, 15) is 4.79 Å². The van der Waals surface area contributed by atoms with Crippen LogP contribution >= 0.6 is 0 Å². The van der Waals surface area contributed by atoms with Gasteiger partial charge in [-0.15, -0.1) is 0 Å². The van der Waals surface area contributed by atoms with Crippen molar-refractivity contribution in [1.29, 1.82) is 0 Å². The van der Waals surface area contributed by atoms with E-state index in [1.54, 1.807) is 6.92 Å². The molecule has 4 heteroatoms. The largest absolute Gasteiger partial charge is 0.481 e. The van der Waals surface area contributed by atoms with Crippen LogP contribution in [0.2, 0.25) is 0 Å². The van der Waals surface area contributed by atoms with Crippen LogP contribution in [0.15, 0.2) is 0 Å². The van der Waals surface area contributed by atoms with E-state index in [1.807, 2.05) is 6.92 Å². The second-order valence-electron chi connectivity index (χ2n) is 5.29. The van der Waals surface area contributed by atoms with Crippen LogP contribution in [0.4, 0.5) is 0 Å². The van der Waals surface area contributed by atoms with Crippen LogP contribution < -0.4 is 5.32 Å². The normalized spacial score (nSPS) is 30.2. The Balaban J connectivity index is 1.75. The zero-order valence-electron chi connectivity index (χ0n) is 10.1. The molecule has 1 heterocycles. The monoisotopic (exact) mass is 226 g/mol. The number of likely N-dealkylation sites (tertiary alicyclic amines) is 1. The summed E-state index contributed by atoms with van der Waals surface area (Å²) in [5.41, 5.74) is 0. The van der Waals surface area contributed by atoms with Gasteiger partial charge in [-0.25, -0.2) is 0 Å². The first-order valence-electron chi connectivity index (χ1n) is 6.31. The molecule has 1 saturated heterocycles. The lowest BCUT2D eigenvalue weighted by Crippen LogP contribution is -2.43. The number of carbonyl (C=O) groups is 1. The van der Waals surface area contributed by atoms with Gasteiger partial charge in [0, 0.05) is 31.2 Å². The summed E-state index contributed by atoms with van der Waals surface area (Å²) >= 11 is 0. The lowest BCUT2D eigenvalue weighted by atomic mass is 10.0. The van der Waals surface area contributed by atoms with Crippen LogP contribution in [0.25, 0.3) is 0 Å². The first-order chi connectivity index (χ1) is 7.58. The van der Waals surface area contributed by atoms with Gasteiger partial charge < -0.3 is 10.4 Å². The van der Waals surface area contributed by atoms with Crippen LogP contribution in [0.3, 0.4) is 0 Å². The SMILES string of the molecule is CC(NC1CCN(C2CC2)C1)C(C)C(=O)O. The van der Waals surface area contributed by atoms with Crippen molar-refractivity contribution >= 4 is 5.97 Å². The van der Waals surface area contributed by atoms with Crippen molar-refractivity contribution in [2.45, 2.75) is 51.2 Å². The van der Waals surface area contributed by atoms with Crippen LogP contribution in [-0.2, 0) is 4.79 Å². The molecule has 0 bridgehead atoms. The third kappa shape index (κ3) is 2.74. The molecule has 0 aromatic rings. The maximum Gasteiger partial charge on any atom is 0.307 e. The topological polar surface area (TPSA) is 52.6 Å². The molecule has 0 spiro atoms. The average Bonchev–Trinajstić information content (AvgIpc) is 2.99. The van der Waals surface area contributed by atoms with Crippen LogP contribution in [-0.4, -0.2) is 47.2 Å². The first kappa shape index (κ1) is 11.9. The summed E-state index contributed by atoms with van der Waals surface area (Å²) < 4.78 is 0. The zero-order valence-corrected chi connectivity index (χ0v) is 10.1. The Morgan fingerprint density at radius 3 is 2.62 bits per heavy atom. The fourth-order valence-corrected chi connectivity index (χ4v) is 2.42. The average molecular weight is 226 g/mol. The summed E-state index contributed by atoms with van der Waals surface area (Å²) in [7, 11) is 0. The van der Waals surface area contributed by atoms with Crippen LogP contribution in [0, 0.1) is 5.92 Å². The standard InChI is InChI=1S/C12H22N2O2/c1-8(12(15)16)9(2)13-10-5-6-14(7-10)11-3-4-11/h8-11,13H,3-7H2,1-2H3,(H,15,16). The van der Waals surface area contributed by atoms with Gasteiger partial charge in [0.15, 0.2) is 0 Å². The fraction of sp³-hybridized carbons (Fsp3) is 0.917. The van der Waals surface area contributed by atoms with Crippen LogP contribution in [0.1, 0.15) is 33.1 Å². The number of hydrogen-bond acceptors (Lipinski definition) is 3. The molecule has 3 unspecified atom stereocenters. The summed E-state index contributed by atoms with van der Waals surface area (Å²) in [6.07, 6.45) is 3.87. The first-order valence-corrected chi connectivity index (χ1v) is 6.31. The Hall–Kier alpha value is -0.610. The predicted octanol–water partition coefficient (Wildman–Crippen LogP) is 0.922. The summed E-state index contributed by atoms with van der Waals surface area (Å²) in [5, 5.41) is 12.4. The molecule has 0 amide bonds. The van der Waals surface area contributed by atoms with Gasteiger partial charge in [0.25, 0.3) is 0 Å². The summed E-state index contributed by atoms with van der Waals surface area (Å²) in [4.78, 5) is 13.4. The minimum absolute atomic E-state index is 0.0571. The molecule has 2 rings (SSSR count). The zero-order chi connectivity index (χ0) is 11.7. The Bertz CT molecular complexity index is 266. The van der Waals surface area contributed by atoms with E-state index in [0.29, 0.717) is 6.04 Å². The van der Waals surface area contributed by atoms with E-state index in [0.717, 1.165) is 19.0 Å². The molecule has 1 aliphatic heterocycles. The van der Waals surface area contributed by atoms with Gasteiger partial charge in [-0.05, 0) is 26.2 Å². The quantitative estimate of drug-likeness (QED) is 0.732. The maximum absolute atomic E-state index is 10.8. The number of nitrogens with one attached hydrogen (secondary N) is 1. The molecule has 4 nitrogen and oxygen atoms in total. The lowest BCUT2D eigenvalue weighted by molar-refractivity contribution is -0.142. The van der Waals surface area contributed by atoms with Crippen molar-refractivity contribution in [1.82, 2.24) is 10.2 Å². The molecule has 3 atom stereocenters. The number of carboxylic acid groups (broad SMARTS) is 1. The van der Waals surface area contributed by atoms with Crippen molar-refractivity contribution in [2.75, 3.05) is 13.1 Å². The number of hydrogen-bond donors (Lipinski definition) is 2. The Morgan fingerprint density at radius 2 is 2.06 bits per heavy atom. The van der Waals surface area contributed by atoms with E-state index in [2.05, 4.69) is 10.2 Å². The van der Waals surface area contributed by atoms with Crippen molar-refractivity contribution in [2.24, 2.45) is 5.92 Å². The number of aliphatic carboxylic acids is 1. The van der Waals surface area contributed by atoms with Crippen molar-refractivity contribution < 1.29 is 9.90 Å². The van der Waals surface area contributed by atoms with Gasteiger partial charge in [0.1, 0.15) is 0 Å². The molecule has 92 valence electrons. The van der Waals surface area contributed by atoms with E-state index < -0.39 is 5.97 Å². The predicted molar refractivity (Wildman–Crippen MR) is 62.4 cm³/mol. The van der Waals surface area contributed by atoms with Gasteiger partial charge in [0.05, 0.1) is 5.92 Å². The Morgan fingerprint density at radius 1 is 1.38 bits per heavy atom. The second-order valence-corrected chi connectivity index (χ2v) is 5.29. The van der Waals surface area contributed by atoms with Crippen molar-refractivity contribution in [3.05, 3.63) is 0 Å². The molecule has 0 radical (unpaired) electrons. The molecule has 1 saturated carbocycles. The van der Waals surface area contributed by atoms with Gasteiger partial charge in [0.2, 0.25) is 0 Å². The van der Waals surface area contributed by atoms with Gasteiger partial charge >= 0.3 is 5.97 Å². The number of nitrogens with zero attached hydrogens (tertiary/aromatic N) is 1. The summed E-state index contributed by atoms with van der Waals surface area (Å²) in [5.74, 6) is -1.02. The van der Waals surface area contributed by atoms with Gasteiger partial charge in [-0.3, -0.25) is 9.69 Å². The maximum atomic E-state index is 10.8. The highest BCUT2D eigenvalue weighted by Gasteiger charge is 2.35. The summed E-state index contributed by atoms with van der Waals surface area (Å²) in [6.45, 7) is 6.02. The molecule has 2 fully saturated rings. The fourth-order valence-electron chi connectivity index (χ4n) is 2.42. The van der Waals surface area contributed by atoms with E-state index in [1.165, 1.54) is 19.4 Å². The minimum Gasteiger partial charge on any atom is -0.481 e. The molecule has 0 aromatic heterocycles. The van der Waals surface area contributed by atoms with E-state index >= 15 is 0 Å². The molecule has 0 aromatic carbocycles. The Kier molecular flexibility index (Phi) is 3.50. The highest BCUT2D eigenvalue weighted by Crippen LogP contribution is 2.29. The lowest BCUT2D eigenvalue weighted by Gasteiger charge is -2.23. The molecule has 16 heavy (non-hydrogen) atoms. The van der Waals surface area contributed by atoms with E-state index in [-0.39, 0.29) is 12.0 Å². The highest BCUT2D eigenvalue weighted by molar-refractivity contribution is 5.70. The molecular formula is C12H22N2O2. The summed E-state index contributed by atoms with van der Waals surface area (Å²) in [6, 6.07) is 1.37. The smallest absolute Gasteiger partial charge is 0.307 e. The molecular weight excluding hydrogens is 204 g/mol. The molecule has 2 aliphatic rings. The minimum atomic E-state index is -0.711. The Labute approximate surface area is 97.0 Å². The second kappa shape index (κ2) is 4.72. The molecule has 2 N–H and O–H groups in total. The third-order valence-corrected chi connectivity index (χ3v) is 3.92. The molecule has 1 aliphatic carbocycles. The highest BCUT2D eigenvalue weighted by atomic mass is 16.4. The van der Waals surface area contributed by atoms with E-state index in [4.69, 9.17) is 5.11 Å². The third-order valence-electron chi connectivity index (χ3n) is 3.92. The van der Waals surface area contributed by atoms with Crippen molar-refractivity contribution in [3.63, 3.8) is 0 Å². The van der Waals surface area contributed by atoms with Gasteiger partial charge in [-0.1, -0.05) is 6.92 Å². The van der Waals surface area contributed by atoms with Gasteiger partial charge in [-0.2, -0.15) is 0 Å². The number of carboxylic acids is 1. The van der Waals surface area contributed by atoms with Crippen LogP contribution in [0.5, 0.6) is 0 Å². The van der Waals surface area contributed by atoms with Crippen molar-refractivity contribution in [3.8, 4) is 0 Å². The number of rotatable bonds is 5.